The highest BCUT2D eigenvalue weighted by Gasteiger charge is 2.38. The maximum atomic E-state index is 14.1. The molecular weight excluding hydrogens is 526 g/mol. The molecule has 3 rings (SSSR count). The maximum absolute atomic E-state index is 14.1. The van der Waals surface area contributed by atoms with E-state index in [-0.39, 0.29) is 34.2 Å². The summed E-state index contributed by atoms with van der Waals surface area (Å²) in [6.07, 6.45) is 0. The number of para-hydroxylation sites is 1. The molecule has 0 radical (unpaired) electrons. The zero-order chi connectivity index (χ0) is 28.7. The first-order chi connectivity index (χ1) is 18.6. The van der Waals surface area contributed by atoms with Gasteiger partial charge in [0.1, 0.15) is 17.5 Å². The Balaban J connectivity index is 2.25. The summed E-state index contributed by atoms with van der Waals surface area (Å²) < 4.78 is 19.9. The molecule has 13 heteroatoms. The van der Waals surface area contributed by atoms with Crippen LogP contribution in [0.1, 0.15) is 44.3 Å². The molecule has 39 heavy (non-hydrogen) atoms. The van der Waals surface area contributed by atoms with Gasteiger partial charge in [0.25, 0.3) is 11.8 Å². The lowest BCUT2D eigenvalue weighted by Gasteiger charge is -2.32. The number of aryl methyl sites for hydroxylation is 1. The Bertz CT molecular complexity index is 1370. The van der Waals surface area contributed by atoms with Crippen molar-refractivity contribution in [3.05, 3.63) is 64.2 Å². The molecule has 3 aromatic rings. The Labute approximate surface area is 229 Å². The van der Waals surface area contributed by atoms with Crippen molar-refractivity contribution < 1.29 is 33.4 Å². The fraction of sp³-hybridized carbons (Fsp3) is 0.269. The SMILES string of the molecule is CCOC(=O)CNC(=O)[C@H](c1cccc(OC)c1OC)N(C(=O)c1snc(C(N)=O)c1N)c1ccc(C)cc1. The molecule has 0 bridgehead atoms. The summed E-state index contributed by atoms with van der Waals surface area (Å²) in [6, 6.07) is 10.3. The summed E-state index contributed by atoms with van der Waals surface area (Å²) in [7, 11) is 2.83. The van der Waals surface area contributed by atoms with Crippen LogP contribution >= 0.6 is 11.5 Å². The van der Waals surface area contributed by atoms with Crippen molar-refractivity contribution in [3.8, 4) is 11.5 Å². The van der Waals surface area contributed by atoms with Crippen molar-refractivity contribution in [1.82, 2.24) is 9.69 Å². The lowest BCUT2D eigenvalue weighted by Crippen LogP contribution is -2.45. The molecule has 0 aliphatic rings. The Morgan fingerprint density at radius 2 is 1.77 bits per heavy atom. The van der Waals surface area contributed by atoms with E-state index in [1.54, 1.807) is 49.4 Å². The number of carbonyl (C=O) groups excluding carboxylic acids is 4. The third kappa shape index (κ3) is 6.26. The quantitative estimate of drug-likeness (QED) is 0.299. The minimum Gasteiger partial charge on any atom is -0.493 e. The number of hydrogen-bond acceptors (Lipinski definition) is 10. The number of aromatic nitrogens is 1. The molecule has 1 aromatic heterocycles. The third-order valence-corrected chi connectivity index (χ3v) is 6.48. The lowest BCUT2D eigenvalue weighted by molar-refractivity contribution is -0.143. The van der Waals surface area contributed by atoms with Crippen molar-refractivity contribution in [3.63, 3.8) is 0 Å². The van der Waals surface area contributed by atoms with Crippen molar-refractivity contribution >= 4 is 46.6 Å². The molecule has 0 spiro atoms. The summed E-state index contributed by atoms with van der Waals surface area (Å²) in [5.74, 6) is -2.51. The number of benzene rings is 2. The number of methoxy groups -OCH3 is 2. The highest BCUT2D eigenvalue weighted by molar-refractivity contribution is 7.09. The number of ether oxygens (including phenoxy) is 3. The Hall–Kier alpha value is -4.65. The molecule has 12 nitrogen and oxygen atoms in total. The van der Waals surface area contributed by atoms with Crippen LogP contribution in [0.4, 0.5) is 11.4 Å². The summed E-state index contributed by atoms with van der Waals surface area (Å²) in [5, 5.41) is 2.54. The van der Waals surface area contributed by atoms with E-state index in [4.69, 9.17) is 25.7 Å². The number of nitrogens with one attached hydrogen (secondary N) is 1. The zero-order valence-corrected chi connectivity index (χ0v) is 22.7. The molecule has 2 aromatic carbocycles. The topological polar surface area (TPSA) is 176 Å². The zero-order valence-electron chi connectivity index (χ0n) is 21.8. The van der Waals surface area contributed by atoms with Gasteiger partial charge in [-0.25, -0.2) is 0 Å². The van der Waals surface area contributed by atoms with E-state index in [9.17, 15) is 19.2 Å². The average Bonchev–Trinajstić information content (AvgIpc) is 3.31. The van der Waals surface area contributed by atoms with E-state index in [2.05, 4.69) is 9.69 Å². The van der Waals surface area contributed by atoms with E-state index < -0.39 is 36.3 Å². The molecule has 5 N–H and O–H groups in total. The first-order valence-electron chi connectivity index (χ1n) is 11.7. The van der Waals surface area contributed by atoms with Gasteiger partial charge in [-0.05, 0) is 43.6 Å². The minimum atomic E-state index is -1.39. The average molecular weight is 556 g/mol. The highest BCUT2D eigenvalue weighted by Crippen LogP contribution is 2.40. The number of rotatable bonds is 11. The largest absolute Gasteiger partial charge is 0.493 e. The van der Waals surface area contributed by atoms with Crippen LogP contribution in [0.2, 0.25) is 0 Å². The van der Waals surface area contributed by atoms with E-state index in [1.165, 1.54) is 19.1 Å². The summed E-state index contributed by atoms with van der Waals surface area (Å²) in [5.41, 5.74) is 12.5. The van der Waals surface area contributed by atoms with Gasteiger partial charge in [-0.1, -0.05) is 29.8 Å². The van der Waals surface area contributed by atoms with Gasteiger partial charge in [-0.15, -0.1) is 0 Å². The Kier molecular flexibility index (Phi) is 9.44. The summed E-state index contributed by atoms with van der Waals surface area (Å²) in [4.78, 5) is 52.8. The Morgan fingerprint density at radius 1 is 1.08 bits per heavy atom. The van der Waals surface area contributed by atoms with Crippen LogP contribution in [0.25, 0.3) is 0 Å². The van der Waals surface area contributed by atoms with Crippen LogP contribution in [0, 0.1) is 6.92 Å². The highest BCUT2D eigenvalue weighted by atomic mass is 32.1. The first kappa shape index (κ1) is 28.9. The van der Waals surface area contributed by atoms with Crippen molar-refractivity contribution in [1.29, 1.82) is 0 Å². The number of hydrogen-bond donors (Lipinski definition) is 3. The second kappa shape index (κ2) is 12.7. The first-order valence-corrected chi connectivity index (χ1v) is 12.5. The van der Waals surface area contributed by atoms with E-state index in [0.717, 1.165) is 5.56 Å². The molecular formula is C26H29N5O7S. The predicted octanol–water partition coefficient (Wildman–Crippen LogP) is 2.22. The molecule has 206 valence electrons. The maximum Gasteiger partial charge on any atom is 0.325 e. The van der Waals surface area contributed by atoms with Gasteiger partial charge in [-0.3, -0.25) is 24.1 Å². The molecule has 0 saturated carbocycles. The fourth-order valence-corrected chi connectivity index (χ4v) is 4.56. The number of amides is 3. The van der Waals surface area contributed by atoms with Crippen LogP contribution in [-0.2, 0) is 14.3 Å². The number of nitrogens with two attached hydrogens (primary N) is 2. The number of nitrogen functional groups attached to an aromatic ring is 1. The number of nitrogens with zero attached hydrogens (tertiary/aromatic N) is 2. The van der Waals surface area contributed by atoms with Gasteiger partial charge in [0.2, 0.25) is 5.91 Å². The molecule has 1 heterocycles. The summed E-state index contributed by atoms with van der Waals surface area (Å²) >= 11 is 0.677. The lowest BCUT2D eigenvalue weighted by atomic mass is 10.0. The van der Waals surface area contributed by atoms with Crippen molar-refractivity contribution in [2.75, 3.05) is 38.0 Å². The molecule has 0 saturated heterocycles. The van der Waals surface area contributed by atoms with Gasteiger partial charge in [-0.2, -0.15) is 4.37 Å². The van der Waals surface area contributed by atoms with Crippen LogP contribution < -0.4 is 31.2 Å². The minimum absolute atomic E-state index is 0.102. The Morgan fingerprint density at radius 3 is 2.33 bits per heavy atom. The number of carbonyl (C=O) groups is 4. The molecule has 0 aliphatic heterocycles. The monoisotopic (exact) mass is 555 g/mol. The van der Waals surface area contributed by atoms with E-state index >= 15 is 0 Å². The predicted molar refractivity (Wildman–Crippen MR) is 145 cm³/mol. The smallest absolute Gasteiger partial charge is 0.325 e. The standard InChI is InChI=1S/C26H29N5O7S/c1-5-38-18(32)13-29-25(34)21(16-7-6-8-17(36-3)22(16)37-4)31(15-11-9-14(2)10-12-15)26(35)23-19(27)20(24(28)33)30-39-23/h6-12,21H,5,13,27H2,1-4H3,(H2,28,33)(H,29,34)/t21-/m0/s1. The van der Waals surface area contributed by atoms with Gasteiger partial charge in [0.15, 0.2) is 17.2 Å². The van der Waals surface area contributed by atoms with Crippen LogP contribution in [0.15, 0.2) is 42.5 Å². The van der Waals surface area contributed by atoms with Gasteiger partial charge < -0.3 is 31.0 Å². The molecule has 0 aliphatic carbocycles. The second-order valence-corrected chi connectivity index (χ2v) is 8.93. The van der Waals surface area contributed by atoms with Crippen LogP contribution in [0.5, 0.6) is 11.5 Å². The molecule has 3 amide bonds. The number of anilines is 2. The normalized spacial score (nSPS) is 11.3. The number of primary amides is 1. The van der Waals surface area contributed by atoms with Crippen molar-refractivity contribution in [2.24, 2.45) is 5.73 Å². The second-order valence-electron chi connectivity index (χ2n) is 8.16. The van der Waals surface area contributed by atoms with Gasteiger partial charge >= 0.3 is 5.97 Å². The van der Waals surface area contributed by atoms with Crippen LogP contribution in [-0.4, -0.2) is 55.4 Å². The summed E-state index contributed by atoms with van der Waals surface area (Å²) in [6.45, 7) is 3.19. The molecule has 0 unspecified atom stereocenters. The molecule has 1 atom stereocenters. The third-order valence-electron chi connectivity index (χ3n) is 5.63. The van der Waals surface area contributed by atoms with Crippen molar-refractivity contribution in [2.45, 2.75) is 19.9 Å². The number of esters is 1. The molecule has 0 fully saturated rings. The van der Waals surface area contributed by atoms with Crippen LogP contribution in [0.3, 0.4) is 0 Å². The van der Waals surface area contributed by atoms with E-state index in [1.807, 2.05) is 6.92 Å². The van der Waals surface area contributed by atoms with Gasteiger partial charge in [0.05, 0.1) is 26.5 Å². The van der Waals surface area contributed by atoms with Gasteiger partial charge in [0, 0.05) is 11.3 Å². The van der Waals surface area contributed by atoms with E-state index in [0.29, 0.717) is 23.0 Å². The fourth-order valence-electron chi connectivity index (χ4n) is 3.82.